The maximum Gasteiger partial charge on any atom is 0.201 e. The molecule has 37 heavy (non-hydrogen) atoms. The monoisotopic (exact) mass is 519 g/mol. The first-order valence-electron chi connectivity index (χ1n) is 12.9. The molecular formula is C30H38FN5S. The number of halogens is 1. The van der Waals surface area contributed by atoms with E-state index in [0.717, 1.165) is 58.7 Å². The van der Waals surface area contributed by atoms with Crippen LogP contribution >= 0.6 is 11.8 Å². The van der Waals surface area contributed by atoms with Crippen LogP contribution in [0.15, 0.2) is 75.3 Å². The van der Waals surface area contributed by atoms with Crippen molar-refractivity contribution in [2.45, 2.75) is 51.6 Å². The molecule has 3 heterocycles. The largest absolute Gasteiger partial charge is 0.371 e. The van der Waals surface area contributed by atoms with Gasteiger partial charge in [-0.1, -0.05) is 37.4 Å². The molecular weight excluding hydrogens is 481 g/mol. The third-order valence-electron chi connectivity index (χ3n) is 7.06. The molecule has 0 aliphatic carbocycles. The van der Waals surface area contributed by atoms with Gasteiger partial charge in [-0.2, -0.15) is 5.26 Å². The molecule has 0 aromatic rings. The van der Waals surface area contributed by atoms with Crippen LogP contribution in [0, 0.1) is 23.7 Å². The van der Waals surface area contributed by atoms with Crippen molar-refractivity contribution in [3.05, 3.63) is 70.3 Å². The summed E-state index contributed by atoms with van der Waals surface area (Å²) in [6.45, 7) is 20.8. The Morgan fingerprint density at radius 1 is 1.24 bits per heavy atom. The summed E-state index contributed by atoms with van der Waals surface area (Å²) in [5, 5.41) is 9.71. The van der Waals surface area contributed by atoms with Crippen molar-refractivity contribution in [3.63, 3.8) is 0 Å². The molecule has 0 saturated carbocycles. The number of allylic oxidation sites excluding steroid dienone is 3. The van der Waals surface area contributed by atoms with Crippen LogP contribution in [0.1, 0.15) is 46.0 Å². The number of alkyl halides is 1. The van der Waals surface area contributed by atoms with Gasteiger partial charge < -0.3 is 14.7 Å². The van der Waals surface area contributed by atoms with Crippen molar-refractivity contribution in [2.75, 3.05) is 39.3 Å². The molecule has 0 spiro atoms. The van der Waals surface area contributed by atoms with Crippen LogP contribution in [0.25, 0.3) is 0 Å². The second-order valence-electron chi connectivity index (χ2n) is 9.97. The number of guanidine groups is 1. The Morgan fingerprint density at radius 3 is 2.54 bits per heavy atom. The topological polar surface area (TPSA) is 45.9 Å². The van der Waals surface area contributed by atoms with Gasteiger partial charge >= 0.3 is 0 Å². The van der Waals surface area contributed by atoms with Crippen molar-refractivity contribution in [1.29, 1.82) is 5.26 Å². The minimum atomic E-state index is -1.12. The maximum atomic E-state index is 14.4. The Labute approximate surface area is 226 Å². The van der Waals surface area contributed by atoms with E-state index < -0.39 is 5.67 Å². The standard InChI is InChI=1S/C30H38FN5S/c1-7-8-12-27(21-32)23(2)22-36-24(3)26(5)37-28(25(4)34-19-14-30(6,31)15-20-34)13-16-33-29(36)35-17-10-9-11-18-35/h1,8,12-13H,3-5,9-11,14-20,22H2,2,6H3/b12-8-,27-23-,28-13-,33-29?. The number of thioether (sulfide) groups is 1. The van der Waals surface area contributed by atoms with E-state index in [1.54, 1.807) is 13.0 Å². The first-order chi connectivity index (χ1) is 17.7. The van der Waals surface area contributed by atoms with E-state index >= 15 is 0 Å². The number of piperidine rings is 2. The van der Waals surface area contributed by atoms with E-state index in [2.05, 4.69) is 52.5 Å². The second kappa shape index (κ2) is 12.9. The van der Waals surface area contributed by atoms with Crippen LogP contribution < -0.4 is 0 Å². The van der Waals surface area contributed by atoms with Crippen molar-refractivity contribution in [1.82, 2.24) is 14.7 Å². The average Bonchev–Trinajstić information content (AvgIpc) is 2.94. The Balaban J connectivity index is 1.92. The SMILES string of the molecule is C#C/C=C\C(C#N)=C(/C)CN1C(=C)C(=C)S/C(C(=C)N2CCC(C)(F)CC2)=C\CN=C1N1CCCCC1. The van der Waals surface area contributed by atoms with Crippen LogP contribution in [-0.4, -0.2) is 65.6 Å². The van der Waals surface area contributed by atoms with Gasteiger partial charge in [-0.15, -0.1) is 6.42 Å². The van der Waals surface area contributed by atoms with Crippen LogP contribution in [0.5, 0.6) is 0 Å². The molecule has 3 aliphatic rings. The Bertz CT molecular complexity index is 1110. The van der Waals surface area contributed by atoms with Crippen molar-refractivity contribution in [2.24, 2.45) is 4.99 Å². The molecule has 0 amide bonds. The van der Waals surface area contributed by atoms with Gasteiger partial charge in [0.25, 0.3) is 0 Å². The lowest BCUT2D eigenvalue weighted by Crippen LogP contribution is -2.47. The minimum Gasteiger partial charge on any atom is -0.371 e. The lowest BCUT2D eigenvalue weighted by Gasteiger charge is -2.38. The zero-order chi connectivity index (χ0) is 27.0. The van der Waals surface area contributed by atoms with Gasteiger partial charge in [-0.05, 0) is 69.8 Å². The van der Waals surface area contributed by atoms with E-state index in [4.69, 9.17) is 11.4 Å². The van der Waals surface area contributed by atoms with Gasteiger partial charge in [0.1, 0.15) is 5.67 Å². The second-order valence-corrected chi connectivity index (χ2v) is 11.1. The summed E-state index contributed by atoms with van der Waals surface area (Å²) in [5.74, 6) is 3.30. The number of hydrogen-bond acceptors (Lipinski definition) is 6. The van der Waals surface area contributed by atoms with Gasteiger partial charge in [0.15, 0.2) is 0 Å². The van der Waals surface area contributed by atoms with Gasteiger partial charge in [-0.3, -0.25) is 0 Å². The van der Waals surface area contributed by atoms with Crippen LogP contribution in [-0.2, 0) is 0 Å². The Kier molecular flexibility index (Phi) is 9.89. The molecule has 196 valence electrons. The lowest BCUT2D eigenvalue weighted by molar-refractivity contribution is 0.0920. The van der Waals surface area contributed by atoms with Crippen LogP contribution in [0.3, 0.4) is 0 Å². The predicted molar refractivity (Wildman–Crippen MR) is 154 cm³/mol. The highest BCUT2D eigenvalue weighted by Gasteiger charge is 2.31. The third kappa shape index (κ3) is 7.43. The summed E-state index contributed by atoms with van der Waals surface area (Å²) in [7, 11) is 0. The fourth-order valence-corrected chi connectivity index (χ4v) is 5.53. The normalized spacial score (nSPS) is 23.1. The molecule has 0 unspecified atom stereocenters. The smallest absolute Gasteiger partial charge is 0.201 e. The molecule has 0 aromatic carbocycles. The molecule has 0 aromatic heterocycles. The molecule has 2 saturated heterocycles. The minimum absolute atomic E-state index is 0.447. The Hall–Kier alpha value is -3.16. The molecule has 3 rings (SSSR count). The lowest BCUT2D eigenvalue weighted by atomic mass is 9.95. The number of nitriles is 1. The Morgan fingerprint density at radius 2 is 1.92 bits per heavy atom. The van der Waals surface area contributed by atoms with Crippen molar-refractivity contribution in [3.8, 4) is 18.4 Å². The van der Waals surface area contributed by atoms with Crippen molar-refractivity contribution < 1.29 is 4.39 Å². The van der Waals surface area contributed by atoms with Crippen LogP contribution in [0.4, 0.5) is 4.39 Å². The molecule has 0 radical (unpaired) electrons. The molecule has 0 N–H and O–H groups in total. The first kappa shape index (κ1) is 28.4. The molecule has 2 fully saturated rings. The maximum absolute atomic E-state index is 14.4. The van der Waals surface area contributed by atoms with E-state index in [0.29, 0.717) is 44.6 Å². The molecule has 0 bridgehead atoms. The highest BCUT2D eigenvalue weighted by atomic mass is 32.2. The fraction of sp³-hybridized carbons (Fsp3) is 0.467. The number of aliphatic imine (C=N–C) groups is 1. The molecule has 7 heteroatoms. The van der Waals surface area contributed by atoms with E-state index in [1.807, 2.05) is 6.92 Å². The van der Waals surface area contributed by atoms with E-state index in [1.165, 1.54) is 24.3 Å². The summed E-state index contributed by atoms with van der Waals surface area (Å²) in [6.07, 6.45) is 15.1. The summed E-state index contributed by atoms with van der Waals surface area (Å²) in [6, 6.07) is 2.26. The fourth-order valence-electron chi connectivity index (χ4n) is 4.64. The van der Waals surface area contributed by atoms with Gasteiger partial charge in [-0.25, -0.2) is 9.38 Å². The summed E-state index contributed by atoms with van der Waals surface area (Å²) < 4.78 is 14.4. The van der Waals surface area contributed by atoms with Crippen LogP contribution in [0.2, 0.25) is 0 Å². The first-order valence-corrected chi connectivity index (χ1v) is 13.7. The van der Waals surface area contributed by atoms with Gasteiger partial charge in [0.05, 0.1) is 23.9 Å². The third-order valence-corrected chi connectivity index (χ3v) is 8.17. The molecule has 0 atom stereocenters. The number of hydrogen-bond donors (Lipinski definition) is 0. The van der Waals surface area contributed by atoms with Gasteiger partial charge in [0, 0.05) is 48.2 Å². The van der Waals surface area contributed by atoms with Crippen molar-refractivity contribution >= 4 is 17.7 Å². The quantitative estimate of drug-likeness (QED) is 0.247. The molecule has 3 aliphatic heterocycles. The van der Waals surface area contributed by atoms with E-state index in [9.17, 15) is 9.65 Å². The number of rotatable bonds is 5. The highest BCUT2D eigenvalue weighted by Crippen LogP contribution is 2.38. The zero-order valence-corrected chi connectivity index (χ0v) is 23.0. The summed E-state index contributed by atoms with van der Waals surface area (Å²) in [4.78, 5) is 13.3. The van der Waals surface area contributed by atoms with E-state index in [-0.39, 0.29) is 0 Å². The average molecular weight is 520 g/mol. The van der Waals surface area contributed by atoms with Gasteiger partial charge in [0.2, 0.25) is 5.96 Å². The predicted octanol–water partition coefficient (Wildman–Crippen LogP) is 6.16. The summed E-state index contributed by atoms with van der Waals surface area (Å²) in [5.41, 5.74) is 1.89. The number of nitrogens with zero attached hydrogens (tertiary/aromatic N) is 5. The molecule has 5 nitrogen and oxygen atoms in total. The number of terminal acetylenes is 1. The highest BCUT2D eigenvalue weighted by molar-refractivity contribution is 8.07. The zero-order valence-electron chi connectivity index (χ0n) is 22.2. The number of likely N-dealkylation sites (tertiary alicyclic amines) is 2. The summed E-state index contributed by atoms with van der Waals surface area (Å²) >= 11 is 1.53.